The highest BCUT2D eigenvalue weighted by Crippen LogP contribution is 2.23. The average Bonchev–Trinajstić information content (AvgIpc) is 2.86. The molecule has 1 amide bonds. The molecule has 0 bridgehead atoms. The fraction of sp³-hybridized carbons (Fsp3) is 0.438. The molecule has 5 nitrogen and oxygen atoms in total. The molecule has 1 unspecified atom stereocenters. The van der Waals surface area contributed by atoms with Gasteiger partial charge in [-0.1, -0.05) is 29.3 Å². The summed E-state index contributed by atoms with van der Waals surface area (Å²) in [5.74, 6) is -0.153. The van der Waals surface area contributed by atoms with E-state index in [0.717, 1.165) is 0 Å². The summed E-state index contributed by atoms with van der Waals surface area (Å²) in [5.41, 5.74) is 0.667. The summed E-state index contributed by atoms with van der Waals surface area (Å²) in [6.07, 6.45) is 3.45. The number of ether oxygens (including phenoxy) is 1. The minimum atomic E-state index is -3.07. The van der Waals surface area contributed by atoms with Gasteiger partial charge in [-0.15, -0.1) is 0 Å². The Hall–Kier alpha value is -1.08. The molecule has 1 aromatic carbocycles. The van der Waals surface area contributed by atoms with Crippen LogP contribution in [0.2, 0.25) is 10.0 Å². The first kappa shape index (κ1) is 19.2. The summed E-state index contributed by atoms with van der Waals surface area (Å²) >= 11 is 11.9. The van der Waals surface area contributed by atoms with Crippen LogP contribution < -0.4 is 0 Å². The molecule has 0 spiro atoms. The van der Waals surface area contributed by atoms with Gasteiger partial charge in [-0.3, -0.25) is 4.79 Å². The van der Waals surface area contributed by atoms with Crippen LogP contribution in [0, 0.1) is 0 Å². The lowest BCUT2D eigenvalue weighted by atomic mass is 10.2. The van der Waals surface area contributed by atoms with Gasteiger partial charge in [-0.05, 0) is 30.2 Å². The van der Waals surface area contributed by atoms with Crippen LogP contribution in [0.4, 0.5) is 0 Å². The summed E-state index contributed by atoms with van der Waals surface area (Å²) in [4.78, 5) is 14.1. The lowest BCUT2D eigenvalue weighted by Gasteiger charge is -2.26. The van der Waals surface area contributed by atoms with Crippen LogP contribution in [0.15, 0.2) is 24.3 Å². The van der Waals surface area contributed by atoms with Crippen LogP contribution in [-0.4, -0.2) is 57.0 Å². The highest BCUT2D eigenvalue weighted by molar-refractivity contribution is 7.91. The van der Waals surface area contributed by atoms with Crippen molar-refractivity contribution in [2.24, 2.45) is 0 Å². The van der Waals surface area contributed by atoms with Crippen molar-refractivity contribution in [2.75, 3.05) is 31.8 Å². The fourth-order valence-electron chi connectivity index (χ4n) is 2.58. The lowest BCUT2D eigenvalue weighted by Crippen LogP contribution is -2.42. The number of halogens is 2. The van der Waals surface area contributed by atoms with Crippen molar-refractivity contribution >= 4 is 45.0 Å². The van der Waals surface area contributed by atoms with E-state index < -0.39 is 9.84 Å². The Kier molecular flexibility index (Phi) is 6.69. The molecule has 24 heavy (non-hydrogen) atoms. The highest BCUT2D eigenvalue weighted by atomic mass is 35.5. The van der Waals surface area contributed by atoms with E-state index in [1.807, 2.05) is 0 Å². The van der Waals surface area contributed by atoms with Crippen LogP contribution in [0.1, 0.15) is 12.0 Å². The first-order valence-corrected chi connectivity index (χ1v) is 10.0. The molecule has 0 radical (unpaired) electrons. The smallest absolute Gasteiger partial charge is 0.246 e. The van der Waals surface area contributed by atoms with Crippen molar-refractivity contribution in [1.29, 1.82) is 0 Å². The van der Waals surface area contributed by atoms with Gasteiger partial charge >= 0.3 is 0 Å². The minimum absolute atomic E-state index is 0.00199. The van der Waals surface area contributed by atoms with Gasteiger partial charge in [0.15, 0.2) is 9.84 Å². The molecule has 1 saturated heterocycles. The second kappa shape index (κ2) is 8.34. The number of nitrogens with zero attached hydrogens (tertiary/aromatic N) is 1. The van der Waals surface area contributed by atoms with Crippen molar-refractivity contribution in [2.45, 2.75) is 12.5 Å². The SMILES string of the molecule is COCCN(C(=O)C=Cc1ccc(Cl)cc1Cl)C1CCS(=O)(=O)C1. The van der Waals surface area contributed by atoms with E-state index in [0.29, 0.717) is 35.2 Å². The van der Waals surface area contributed by atoms with Gasteiger partial charge in [0.05, 0.1) is 18.1 Å². The number of benzene rings is 1. The first-order chi connectivity index (χ1) is 11.3. The second-order valence-electron chi connectivity index (χ2n) is 5.58. The quantitative estimate of drug-likeness (QED) is 0.699. The Morgan fingerprint density at radius 3 is 2.75 bits per heavy atom. The standard InChI is InChI=1S/C16H19Cl2NO4S/c1-23-8-7-19(14-6-9-24(21,22)11-14)16(20)5-3-12-2-4-13(17)10-15(12)18/h2-5,10,14H,6-9,11H2,1H3. The Morgan fingerprint density at radius 1 is 1.42 bits per heavy atom. The molecule has 1 heterocycles. The third-order valence-corrected chi connectivity index (χ3v) is 6.15. The van der Waals surface area contributed by atoms with Gasteiger partial charge in [0.25, 0.3) is 0 Å². The number of carbonyl (C=O) groups is 1. The summed E-state index contributed by atoms with van der Waals surface area (Å²) in [6, 6.07) is 4.68. The lowest BCUT2D eigenvalue weighted by molar-refractivity contribution is -0.128. The zero-order chi connectivity index (χ0) is 17.7. The summed E-state index contributed by atoms with van der Waals surface area (Å²) in [5, 5.41) is 0.958. The van der Waals surface area contributed by atoms with Gasteiger partial charge in [0, 0.05) is 35.8 Å². The van der Waals surface area contributed by atoms with Gasteiger partial charge < -0.3 is 9.64 Å². The molecule has 1 aliphatic rings. The number of carbonyl (C=O) groups excluding carboxylic acids is 1. The number of hydrogen-bond acceptors (Lipinski definition) is 4. The Balaban J connectivity index is 2.13. The highest BCUT2D eigenvalue weighted by Gasteiger charge is 2.33. The van der Waals surface area contributed by atoms with Crippen LogP contribution in [-0.2, 0) is 19.4 Å². The van der Waals surface area contributed by atoms with E-state index >= 15 is 0 Å². The maximum Gasteiger partial charge on any atom is 0.246 e. The molecule has 0 aromatic heterocycles. The minimum Gasteiger partial charge on any atom is -0.383 e. The van der Waals surface area contributed by atoms with Crippen LogP contribution in [0.5, 0.6) is 0 Å². The molecule has 1 aliphatic heterocycles. The van der Waals surface area contributed by atoms with Gasteiger partial charge in [0.2, 0.25) is 5.91 Å². The summed E-state index contributed by atoms with van der Waals surface area (Å²) in [7, 11) is -1.53. The summed E-state index contributed by atoms with van der Waals surface area (Å²) in [6.45, 7) is 0.687. The van der Waals surface area contributed by atoms with Crippen molar-refractivity contribution in [3.63, 3.8) is 0 Å². The third kappa shape index (κ3) is 5.21. The van der Waals surface area contributed by atoms with E-state index in [2.05, 4.69) is 0 Å². The maximum atomic E-state index is 12.5. The van der Waals surface area contributed by atoms with Gasteiger partial charge in [-0.2, -0.15) is 0 Å². The predicted octanol–water partition coefficient (Wildman–Crippen LogP) is 2.67. The molecule has 1 atom stereocenters. The summed E-state index contributed by atoms with van der Waals surface area (Å²) < 4.78 is 28.4. The zero-order valence-electron chi connectivity index (χ0n) is 13.2. The zero-order valence-corrected chi connectivity index (χ0v) is 15.6. The van der Waals surface area contributed by atoms with Gasteiger partial charge in [-0.25, -0.2) is 8.42 Å². The first-order valence-electron chi connectivity index (χ1n) is 7.45. The topological polar surface area (TPSA) is 63.7 Å². The number of rotatable bonds is 6. The largest absolute Gasteiger partial charge is 0.383 e. The van der Waals surface area contributed by atoms with Crippen molar-refractivity contribution < 1.29 is 17.9 Å². The van der Waals surface area contributed by atoms with E-state index in [1.165, 1.54) is 13.2 Å². The van der Waals surface area contributed by atoms with E-state index in [4.69, 9.17) is 27.9 Å². The molecule has 0 N–H and O–H groups in total. The van der Waals surface area contributed by atoms with E-state index in [-0.39, 0.29) is 23.5 Å². The Bertz CT molecular complexity index is 734. The van der Waals surface area contributed by atoms with Crippen LogP contribution >= 0.6 is 23.2 Å². The molecule has 1 fully saturated rings. The number of methoxy groups -OCH3 is 1. The Morgan fingerprint density at radius 2 is 2.17 bits per heavy atom. The molecular formula is C16H19Cl2NO4S. The van der Waals surface area contributed by atoms with Crippen LogP contribution in [0.3, 0.4) is 0 Å². The van der Waals surface area contributed by atoms with Gasteiger partial charge in [0.1, 0.15) is 0 Å². The normalized spacial score (nSPS) is 19.7. The third-order valence-electron chi connectivity index (χ3n) is 3.84. The molecule has 132 valence electrons. The van der Waals surface area contributed by atoms with E-state index in [9.17, 15) is 13.2 Å². The number of hydrogen-bond donors (Lipinski definition) is 0. The predicted molar refractivity (Wildman–Crippen MR) is 96.1 cm³/mol. The average molecular weight is 392 g/mol. The molecule has 8 heteroatoms. The number of amides is 1. The molecule has 2 rings (SSSR count). The molecule has 0 aliphatic carbocycles. The van der Waals surface area contributed by atoms with E-state index in [1.54, 1.807) is 29.2 Å². The fourth-order valence-corrected chi connectivity index (χ4v) is 4.78. The molecular weight excluding hydrogens is 373 g/mol. The molecule has 0 saturated carbocycles. The maximum absolute atomic E-state index is 12.5. The molecule has 1 aromatic rings. The Labute approximate surface area is 152 Å². The number of sulfone groups is 1. The van der Waals surface area contributed by atoms with Crippen molar-refractivity contribution in [1.82, 2.24) is 4.90 Å². The monoisotopic (exact) mass is 391 g/mol. The van der Waals surface area contributed by atoms with Crippen molar-refractivity contribution in [3.8, 4) is 0 Å². The van der Waals surface area contributed by atoms with Crippen molar-refractivity contribution in [3.05, 3.63) is 39.9 Å². The second-order valence-corrected chi connectivity index (χ2v) is 8.65. The van der Waals surface area contributed by atoms with Crippen LogP contribution in [0.25, 0.3) is 6.08 Å².